The Kier molecular flexibility index (Phi) is 6.93. The molecule has 3 aromatic heterocycles. The van der Waals surface area contributed by atoms with Gasteiger partial charge in [0, 0.05) is 59.1 Å². The first-order valence-electron chi connectivity index (χ1n) is 14.2. The maximum absolute atomic E-state index is 6.16. The van der Waals surface area contributed by atoms with E-state index in [0.717, 1.165) is 40.8 Å². The Balaban J connectivity index is 1.13. The minimum absolute atomic E-state index is 0.625. The first kappa shape index (κ1) is 25.7. The zero-order valence-electron chi connectivity index (χ0n) is 23.3. The van der Waals surface area contributed by atoms with E-state index in [1.165, 1.54) is 24.9 Å². The predicted octanol–water partition coefficient (Wildman–Crippen LogP) is 7.77. The summed E-state index contributed by atoms with van der Waals surface area (Å²) in [6, 6.07) is 28.3. The maximum atomic E-state index is 6.16. The molecule has 0 amide bonds. The number of aromatic nitrogens is 4. The molecule has 1 aliphatic rings. The van der Waals surface area contributed by atoms with Crippen molar-refractivity contribution in [3.63, 3.8) is 0 Å². The third kappa shape index (κ3) is 5.14. The summed E-state index contributed by atoms with van der Waals surface area (Å²) in [4.78, 5) is 11.3. The summed E-state index contributed by atoms with van der Waals surface area (Å²) < 4.78 is 11.4. The number of ether oxygens (including phenoxy) is 2. The van der Waals surface area contributed by atoms with Gasteiger partial charge in [-0.05, 0) is 55.7 Å². The second-order valence-electron chi connectivity index (χ2n) is 10.3. The van der Waals surface area contributed by atoms with Crippen molar-refractivity contribution in [2.75, 3.05) is 30.4 Å². The molecule has 6 aromatic rings. The maximum Gasteiger partial charge on any atom is 0.161 e. The van der Waals surface area contributed by atoms with Gasteiger partial charge in [0.2, 0.25) is 0 Å². The molecule has 0 aliphatic carbocycles. The lowest BCUT2D eigenvalue weighted by atomic mass is 10.0. The summed E-state index contributed by atoms with van der Waals surface area (Å²) in [5.41, 5.74) is 5.46. The smallest absolute Gasteiger partial charge is 0.161 e. The van der Waals surface area contributed by atoms with E-state index in [4.69, 9.17) is 14.6 Å². The van der Waals surface area contributed by atoms with E-state index in [0.29, 0.717) is 34.1 Å². The first-order valence-corrected chi connectivity index (χ1v) is 14.2. The number of rotatable bonds is 7. The van der Waals surface area contributed by atoms with Gasteiger partial charge in [-0.15, -0.1) is 10.2 Å². The molecule has 3 aromatic carbocycles. The topological polar surface area (TPSA) is 85.3 Å². The summed E-state index contributed by atoms with van der Waals surface area (Å²) in [6.45, 7) is 2.21. The molecular formula is C34H30N6O2. The molecule has 4 heterocycles. The van der Waals surface area contributed by atoms with Gasteiger partial charge >= 0.3 is 0 Å². The van der Waals surface area contributed by atoms with E-state index in [-0.39, 0.29) is 0 Å². The lowest BCUT2D eigenvalue weighted by Crippen LogP contribution is -2.29. The van der Waals surface area contributed by atoms with Crippen molar-refractivity contribution in [3.05, 3.63) is 97.3 Å². The number of fused-ring (bicyclic) bond motifs is 2. The van der Waals surface area contributed by atoms with Crippen molar-refractivity contribution in [3.8, 4) is 28.5 Å². The third-order valence-corrected chi connectivity index (χ3v) is 7.62. The van der Waals surface area contributed by atoms with Gasteiger partial charge in [-0.25, -0.2) is 4.98 Å². The molecule has 0 atom stereocenters. The van der Waals surface area contributed by atoms with Crippen molar-refractivity contribution < 1.29 is 9.47 Å². The Hall–Kier alpha value is -5.24. The molecule has 1 fully saturated rings. The Morgan fingerprint density at radius 3 is 2.43 bits per heavy atom. The van der Waals surface area contributed by atoms with Crippen LogP contribution in [0.5, 0.6) is 17.2 Å². The van der Waals surface area contributed by atoms with E-state index >= 15 is 0 Å². The summed E-state index contributed by atoms with van der Waals surface area (Å²) in [5.74, 6) is 2.66. The fourth-order valence-electron chi connectivity index (χ4n) is 5.46. The average molecular weight is 555 g/mol. The number of hydrogen-bond acceptors (Lipinski definition) is 8. The lowest BCUT2D eigenvalue weighted by molar-refractivity contribution is 0.413. The Morgan fingerprint density at radius 1 is 0.762 bits per heavy atom. The molecule has 1 saturated heterocycles. The van der Waals surface area contributed by atoms with Crippen LogP contribution in [-0.2, 0) is 0 Å². The molecule has 1 aliphatic heterocycles. The third-order valence-electron chi connectivity index (χ3n) is 7.62. The largest absolute Gasteiger partial charge is 0.495 e. The summed E-state index contributed by atoms with van der Waals surface area (Å²) in [6.07, 6.45) is 7.16. The monoisotopic (exact) mass is 554 g/mol. The molecular weight excluding hydrogens is 524 g/mol. The lowest BCUT2D eigenvalue weighted by Gasteiger charge is -2.29. The van der Waals surface area contributed by atoms with Gasteiger partial charge < -0.3 is 19.7 Å². The summed E-state index contributed by atoms with van der Waals surface area (Å²) in [7, 11) is 1.61. The van der Waals surface area contributed by atoms with Crippen LogP contribution in [-0.4, -0.2) is 40.4 Å². The van der Waals surface area contributed by atoms with Crippen LogP contribution >= 0.6 is 0 Å². The van der Waals surface area contributed by atoms with Gasteiger partial charge in [0.15, 0.2) is 11.6 Å². The van der Waals surface area contributed by atoms with Gasteiger partial charge in [0.25, 0.3) is 0 Å². The highest BCUT2D eigenvalue weighted by Crippen LogP contribution is 2.34. The van der Waals surface area contributed by atoms with E-state index in [9.17, 15) is 0 Å². The van der Waals surface area contributed by atoms with Crippen LogP contribution < -0.4 is 19.7 Å². The number of anilines is 3. The number of benzene rings is 3. The van der Waals surface area contributed by atoms with Crippen LogP contribution in [0, 0.1) is 0 Å². The number of piperidine rings is 1. The van der Waals surface area contributed by atoms with Gasteiger partial charge in [0.1, 0.15) is 22.7 Å². The molecule has 42 heavy (non-hydrogen) atoms. The van der Waals surface area contributed by atoms with Crippen LogP contribution in [0.1, 0.15) is 19.3 Å². The first-order chi connectivity index (χ1) is 20.7. The SMILES string of the molecule is COc1cnc2c(Oc3ccc(Nc4nnc(-c5cccc(N6CCCCC6)c5)c5ccccc45)cc3)ccnc2c1. The van der Waals surface area contributed by atoms with Crippen molar-refractivity contribution in [1.29, 1.82) is 0 Å². The van der Waals surface area contributed by atoms with E-state index in [1.807, 2.05) is 42.5 Å². The zero-order valence-corrected chi connectivity index (χ0v) is 23.3. The standard InChI is InChI=1S/C34H30N6O2/c1-41-27-21-30-33(36-22-27)31(16-17-35-30)42-26-14-12-24(13-15-26)37-34-29-11-4-3-10-28(29)32(38-39-34)23-8-7-9-25(20-23)40-18-5-2-6-19-40/h3-4,7-17,20-22H,2,5-6,18-19H2,1H3,(H,37,39). The highest BCUT2D eigenvalue weighted by Gasteiger charge is 2.15. The average Bonchev–Trinajstić information content (AvgIpc) is 3.06. The van der Waals surface area contributed by atoms with Crippen molar-refractivity contribution >= 4 is 39.0 Å². The number of pyridine rings is 2. The molecule has 208 valence electrons. The van der Waals surface area contributed by atoms with Crippen LogP contribution in [0.4, 0.5) is 17.2 Å². The van der Waals surface area contributed by atoms with Crippen LogP contribution in [0.25, 0.3) is 33.1 Å². The van der Waals surface area contributed by atoms with Crippen molar-refractivity contribution in [2.45, 2.75) is 19.3 Å². The van der Waals surface area contributed by atoms with Crippen LogP contribution in [0.15, 0.2) is 97.3 Å². The number of nitrogens with one attached hydrogen (secondary N) is 1. The van der Waals surface area contributed by atoms with E-state index in [1.54, 1.807) is 25.6 Å². The Morgan fingerprint density at radius 2 is 1.60 bits per heavy atom. The molecule has 1 N–H and O–H groups in total. The minimum Gasteiger partial charge on any atom is -0.495 e. The number of methoxy groups -OCH3 is 1. The van der Waals surface area contributed by atoms with Gasteiger partial charge in [0.05, 0.1) is 18.8 Å². The second kappa shape index (κ2) is 11.3. The molecule has 0 saturated carbocycles. The Labute approximate surface area is 244 Å². The Bertz CT molecular complexity index is 1870. The molecule has 7 rings (SSSR count). The zero-order chi connectivity index (χ0) is 28.3. The molecule has 0 bridgehead atoms. The summed E-state index contributed by atoms with van der Waals surface area (Å²) >= 11 is 0. The van der Waals surface area contributed by atoms with Crippen LogP contribution in [0.3, 0.4) is 0 Å². The highest BCUT2D eigenvalue weighted by molar-refractivity contribution is 6.01. The van der Waals surface area contributed by atoms with Crippen molar-refractivity contribution in [2.24, 2.45) is 0 Å². The molecule has 0 unspecified atom stereocenters. The van der Waals surface area contributed by atoms with Gasteiger partial charge in [-0.3, -0.25) is 4.98 Å². The second-order valence-corrected chi connectivity index (χ2v) is 10.3. The minimum atomic E-state index is 0.625. The fraction of sp³-hybridized carbons (Fsp3) is 0.176. The molecule has 8 heteroatoms. The quantitative estimate of drug-likeness (QED) is 0.214. The van der Waals surface area contributed by atoms with E-state index < -0.39 is 0 Å². The fourth-order valence-corrected chi connectivity index (χ4v) is 5.46. The van der Waals surface area contributed by atoms with Crippen molar-refractivity contribution in [1.82, 2.24) is 20.2 Å². The highest BCUT2D eigenvalue weighted by atomic mass is 16.5. The van der Waals surface area contributed by atoms with Gasteiger partial charge in [-0.1, -0.05) is 36.4 Å². The predicted molar refractivity (Wildman–Crippen MR) is 167 cm³/mol. The van der Waals surface area contributed by atoms with Crippen LogP contribution in [0.2, 0.25) is 0 Å². The number of nitrogens with zero attached hydrogens (tertiary/aromatic N) is 5. The molecule has 0 radical (unpaired) electrons. The number of hydrogen-bond donors (Lipinski definition) is 1. The molecule has 0 spiro atoms. The molecule has 8 nitrogen and oxygen atoms in total. The normalized spacial score (nSPS) is 13.3. The van der Waals surface area contributed by atoms with E-state index in [2.05, 4.69) is 61.7 Å². The summed E-state index contributed by atoms with van der Waals surface area (Å²) in [5, 5.41) is 14.8. The van der Waals surface area contributed by atoms with Gasteiger partial charge in [-0.2, -0.15) is 0 Å².